The van der Waals surface area contributed by atoms with Crippen LogP contribution in [0.5, 0.6) is 0 Å². The van der Waals surface area contributed by atoms with Crippen LogP contribution >= 0.6 is 0 Å². The molecule has 104 valence electrons. The van der Waals surface area contributed by atoms with Crippen LogP contribution in [-0.2, 0) is 14.3 Å². The van der Waals surface area contributed by atoms with Crippen molar-refractivity contribution in [2.45, 2.75) is 46.1 Å². The molecule has 0 aromatic carbocycles. The summed E-state index contributed by atoms with van der Waals surface area (Å²) in [4.78, 5) is 25.1. The summed E-state index contributed by atoms with van der Waals surface area (Å²) in [6.07, 6.45) is 1.86. The van der Waals surface area contributed by atoms with E-state index in [0.717, 1.165) is 12.8 Å². The van der Waals surface area contributed by atoms with E-state index in [2.05, 4.69) is 0 Å². The Balaban J connectivity index is 2.48. The number of hydrogen-bond acceptors (Lipinski definition) is 4. The summed E-state index contributed by atoms with van der Waals surface area (Å²) in [5.74, 6) is -0.00880. The molecule has 1 aliphatic rings. The van der Waals surface area contributed by atoms with Crippen LogP contribution in [0.1, 0.15) is 40.0 Å². The van der Waals surface area contributed by atoms with Crippen LogP contribution in [0.4, 0.5) is 4.79 Å². The Hall–Kier alpha value is -1.26. The number of hydrogen-bond donors (Lipinski definition) is 0. The molecule has 0 radical (unpaired) electrons. The predicted octanol–water partition coefficient (Wildman–Crippen LogP) is 2.20. The first-order valence-corrected chi connectivity index (χ1v) is 6.66. The van der Waals surface area contributed by atoms with Gasteiger partial charge in [-0.25, -0.2) is 9.59 Å². The molecule has 5 heteroatoms. The molecule has 0 aromatic heterocycles. The lowest BCUT2D eigenvalue weighted by Gasteiger charge is -2.22. The summed E-state index contributed by atoms with van der Waals surface area (Å²) in [6, 6.07) is -0.465. The van der Waals surface area contributed by atoms with Gasteiger partial charge in [-0.05, 0) is 25.2 Å². The molecule has 5 nitrogen and oxygen atoms in total. The zero-order valence-corrected chi connectivity index (χ0v) is 11.5. The molecule has 0 aliphatic carbocycles. The highest BCUT2D eigenvalue weighted by molar-refractivity contribution is 5.82. The minimum atomic E-state index is -0.465. The van der Waals surface area contributed by atoms with Crippen molar-refractivity contribution in [3.05, 3.63) is 0 Å². The van der Waals surface area contributed by atoms with Gasteiger partial charge >= 0.3 is 12.1 Å². The number of ether oxygens (including phenoxy) is 2. The predicted molar refractivity (Wildman–Crippen MR) is 67.2 cm³/mol. The van der Waals surface area contributed by atoms with Gasteiger partial charge in [0.15, 0.2) is 0 Å². The van der Waals surface area contributed by atoms with Gasteiger partial charge in [-0.3, -0.25) is 4.90 Å². The van der Waals surface area contributed by atoms with Gasteiger partial charge < -0.3 is 9.47 Å². The molecule has 0 unspecified atom stereocenters. The van der Waals surface area contributed by atoms with E-state index in [0.29, 0.717) is 32.1 Å². The molecule has 1 heterocycles. The van der Waals surface area contributed by atoms with E-state index in [-0.39, 0.29) is 5.97 Å². The van der Waals surface area contributed by atoms with Gasteiger partial charge in [0.05, 0.1) is 13.2 Å². The number of nitrogens with zero attached hydrogens (tertiary/aromatic N) is 1. The van der Waals surface area contributed by atoms with Crippen molar-refractivity contribution < 1.29 is 19.1 Å². The Kier molecular flexibility index (Phi) is 5.95. The quantitative estimate of drug-likeness (QED) is 0.708. The van der Waals surface area contributed by atoms with E-state index >= 15 is 0 Å². The van der Waals surface area contributed by atoms with Crippen molar-refractivity contribution in [3.63, 3.8) is 0 Å². The van der Waals surface area contributed by atoms with E-state index in [9.17, 15) is 9.59 Å². The topological polar surface area (TPSA) is 55.8 Å². The van der Waals surface area contributed by atoms with Gasteiger partial charge in [0.25, 0.3) is 0 Å². The molecule has 0 spiro atoms. The molecule has 18 heavy (non-hydrogen) atoms. The van der Waals surface area contributed by atoms with Crippen LogP contribution in [0.3, 0.4) is 0 Å². The van der Waals surface area contributed by atoms with Crippen molar-refractivity contribution in [2.75, 3.05) is 19.8 Å². The van der Waals surface area contributed by atoms with Crippen LogP contribution in [0.2, 0.25) is 0 Å². The number of rotatable bonds is 5. The fraction of sp³-hybridized carbons (Fsp3) is 0.846. The van der Waals surface area contributed by atoms with Crippen LogP contribution in [0, 0.1) is 5.92 Å². The fourth-order valence-corrected chi connectivity index (χ4v) is 1.85. The van der Waals surface area contributed by atoms with Gasteiger partial charge in [-0.15, -0.1) is 0 Å². The molecule has 1 fully saturated rings. The largest absolute Gasteiger partial charge is 0.464 e. The average Bonchev–Trinajstić information content (AvgIpc) is 2.82. The first kappa shape index (κ1) is 14.8. The van der Waals surface area contributed by atoms with E-state index in [1.54, 1.807) is 0 Å². The molecule has 1 rings (SSSR count). The zero-order valence-electron chi connectivity index (χ0n) is 11.5. The molecule has 1 saturated heterocycles. The standard InChI is InChI=1S/C13H23NO4/c1-4-8-17-13(16)14-7-5-6-11(14)12(15)18-9-10(2)3/h10-11H,4-9H2,1-3H3/t11-/m0/s1. The van der Waals surface area contributed by atoms with E-state index in [4.69, 9.17) is 9.47 Å². The molecule has 1 aliphatic heterocycles. The first-order valence-electron chi connectivity index (χ1n) is 6.66. The maximum absolute atomic E-state index is 11.9. The molecule has 0 saturated carbocycles. The molecular weight excluding hydrogens is 234 g/mol. The smallest absolute Gasteiger partial charge is 0.410 e. The Morgan fingerprint density at radius 2 is 2.06 bits per heavy atom. The van der Waals surface area contributed by atoms with Crippen molar-refractivity contribution >= 4 is 12.1 Å². The fourth-order valence-electron chi connectivity index (χ4n) is 1.85. The monoisotopic (exact) mass is 257 g/mol. The molecular formula is C13H23NO4. The third kappa shape index (κ3) is 4.20. The summed E-state index contributed by atoms with van der Waals surface area (Å²) in [5.41, 5.74) is 0. The zero-order chi connectivity index (χ0) is 13.5. The summed E-state index contributed by atoms with van der Waals surface area (Å²) in [7, 11) is 0. The number of carbonyl (C=O) groups is 2. The lowest BCUT2D eigenvalue weighted by atomic mass is 10.2. The van der Waals surface area contributed by atoms with Gasteiger partial charge in [0, 0.05) is 6.54 Å². The summed E-state index contributed by atoms with van der Waals surface area (Å²) >= 11 is 0. The SMILES string of the molecule is CCCOC(=O)N1CCC[C@H]1C(=O)OCC(C)C. The van der Waals surface area contributed by atoms with E-state index in [1.165, 1.54) is 4.90 Å². The highest BCUT2D eigenvalue weighted by Gasteiger charge is 2.36. The average molecular weight is 257 g/mol. The molecule has 1 atom stereocenters. The molecule has 0 aromatic rings. The van der Waals surface area contributed by atoms with E-state index < -0.39 is 12.1 Å². The number of amides is 1. The highest BCUT2D eigenvalue weighted by Crippen LogP contribution is 2.19. The Morgan fingerprint density at radius 1 is 1.33 bits per heavy atom. The summed E-state index contributed by atoms with van der Waals surface area (Å²) in [6.45, 7) is 7.26. The van der Waals surface area contributed by atoms with Gasteiger partial charge in [0.1, 0.15) is 6.04 Å². The number of carbonyl (C=O) groups excluding carboxylic acids is 2. The molecule has 1 amide bonds. The van der Waals surface area contributed by atoms with Crippen molar-refractivity contribution in [1.29, 1.82) is 0 Å². The van der Waals surface area contributed by atoms with Crippen molar-refractivity contribution in [2.24, 2.45) is 5.92 Å². The van der Waals surface area contributed by atoms with Crippen molar-refractivity contribution in [1.82, 2.24) is 4.90 Å². The maximum atomic E-state index is 11.9. The lowest BCUT2D eigenvalue weighted by molar-refractivity contribution is -0.149. The second kappa shape index (κ2) is 7.24. The van der Waals surface area contributed by atoms with Crippen LogP contribution in [-0.4, -0.2) is 42.8 Å². The molecule has 0 bridgehead atoms. The third-order valence-corrected chi connectivity index (χ3v) is 2.75. The third-order valence-electron chi connectivity index (χ3n) is 2.75. The van der Waals surface area contributed by atoms with Crippen LogP contribution < -0.4 is 0 Å². The highest BCUT2D eigenvalue weighted by atomic mass is 16.6. The minimum absolute atomic E-state index is 0.302. The summed E-state index contributed by atoms with van der Waals surface area (Å²) < 4.78 is 10.2. The van der Waals surface area contributed by atoms with Gasteiger partial charge in [-0.1, -0.05) is 20.8 Å². The van der Waals surface area contributed by atoms with E-state index in [1.807, 2.05) is 20.8 Å². The lowest BCUT2D eigenvalue weighted by Crippen LogP contribution is -2.42. The number of likely N-dealkylation sites (tertiary alicyclic amines) is 1. The van der Waals surface area contributed by atoms with Crippen LogP contribution in [0.15, 0.2) is 0 Å². The minimum Gasteiger partial charge on any atom is -0.464 e. The number of esters is 1. The van der Waals surface area contributed by atoms with Crippen LogP contribution in [0.25, 0.3) is 0 Å². The normalized spacial score (nSPS) is 19.1. The Labute approximate surface area is 108 Å². The second-order valence-electron chi connectivity index (χ2n) is 4.99. The maximum Gasteiger partial charge on any atom is 0.410 e. The second-order valence-corrected chi connectivity index (χ2v) is 4.99. The summed E-state index contributed by atoms with van der Waals surface area (Å²) in [5, 5.41) is 0. The van der Waals surface area contributed by atoms with Gasteiger partial charge in [-0.2, -0.15) is 0 Å². The first-order chi connectivity index (χ1) is 8.56. The Morgan fingerprint density at radius 3 is 2.67 bits per heavy atom. The molecule has 0 N–H and O–H groups in total. The van der Waals surface area contributed by atoms with Gasteiger partial charge in [0.2, 0.25) is 0 Å². The Bertz CT molecular complexity index is 291. The van der Waals surface area contributed by atoms with Crippen molar-refractivity contribution in [3.8, 4) is 0 Å².